The van der Waals surface area contributed by atoms with E-state index in [1.165, 1.54) is 0 Å². The Bertz CT molecular complexity index is 561. The molecule has 0 unspecified atom stereocenters. The fourth-order valence-corrected chi connectivity index (χ4v) is 1.85. The first-order valence-electron chi connectivity index (χ1n) is 6.29. The molecule has 21 heavy (non-hydrogen) atoms. The van der Waals surface area contributed by atoms with E-state index in [1.54, 1.807) is 0 Å². The first-order chi connectivity index (χ1) is 9.66. The molecule has 0 bridgehead atoms. The highest BCUT2D eigenvalue weighted by Gasteiger charge is 2.20. The van der Waals surface area contributed by atoms with Gasteiger partial charge in [0.05, 0.1) is 15.6 Å². The monoisotopic (exact) mass is 335 g/mol. The summed E-state index contributed by atoms with van der Waals surface area (Å²) in [6.07, 6.45) is 0.723. The zero-order valence-corrected chi connectivity index (χ0v) is 13.4. The van der Waals surface area contributed by atoms with Gasteiger partial charge in [-0.3, -0.25) is 4.79 Å². The van der Waals surface area contributed by atoms with Crippen LogP contribution in [0.25, 0.3) is 0 Å². The van der Waals surface area contributed by atoms with Crippen molar-refractivity contribution in [3.05, 3.63) is 33.6 Å². The number of esters is 1. The number of carbonyl (C=O) groups excluding carboxylic acids is 2. The lowest BCUT2D eigenvalue weighted by Crippen LogP contribution is -2.44. The number of hydrogen-bond donors (Lipinski definition) is 1. The molecule has 7 heteroatoms. The summed E-state index contributed by atoms with van der Waals surface area (Å²) in [6, 6.07) is 1.98. The number of nitrogens with one attached hydrogen (secondary N) is 1. The molecule has 0 saturated heterocycles. The van der Waals surface area contributed by atoms with Crippen molar-refractivity contribution in [1.82, 2.24) is 5.32 Å². The summed E-state index contributed by atoms with van der Waals surface area (Å²) in [4.78, 5) is 23.4. The Balaban J connectivity index is 2.67. The number of carbonyl (C=O) groups is 2. The number of rotatable bonds is 5. The van der Waals surface area contributed by atoms with Crippen molar-refractivity contribution in [3.8, 4) is 0 Å². The molecular weight excluding hydrogens is 320 g/mol. The highest BCUT2D eigenvalue weighted by atomic mass is 35.5. The van der Waals surface area contributed by atoms with E-state index in [0.717, 1.165) is 18.6 Å². The largest absolute Gasteiger partial charge is 0.452 e. The summed E-state index contributed by atoms with van der Waals surface area (Å²) in [6.45, 7) is 5.14. The average Bonchev–Trinajstić information content (AvgIpc) is 2.39. The lowest BCUT2D eigenvalue weighted by molar-refractivity contribution is -0.125. The van der Waals surface area contributed by atoms with Crippen LogP contribution in [-0.2, 0) is 9.53 Å². The molecular formula is C14H16Cl2FNO3. The van der Waals surface area contributed by atoms with Gasteiger partial charge < -0.3 is 10.1 Å². The molecule has 1 aromatic carbocycles. The predicted octanol–water partition coefficient (Wildman–Crippen LogP) is 3.59. The summed E-state index contributed by atoms with van der Waals surface area (Å²) in [7, 11) is 0. The fraction of sp³-hybridized carbons (Fsp3) is 0.429. The highest BCUT2D eigenvalue weighted by Crippen LogP contribution is 2.24. The molecule has 0 fully saturated rings. The molecule has 0 aliphatic heterocycles. The van der Waals surface area contributed by atoms with Crippen LogP contribution in [-0.4, -0.2) is 24.0 Å². The van der Waals surface area contributed by atoms with Gasteiger partial charge in [0.2, 0.25) is 0 Å². The molecule has 0 radical (unpaired) electrons. The number of hydrogen-bond acceptors (Lipinski definition) is 3. The third-order valence-corrected chi connectivity index (χ3v) is 3.53. The minimum atomic E-state index is -0.889. The van der Waals surface area contributed by atoms with Gasteiger partial charge in [0.25, 0.3) is 5.91 Å². The maximum absolute atomic E-state index is 13.3. The molecule has 1 N–H and O–H groups in total. The highest BCUT2D eigenvalue weighted by molar-refractivity contribution is 6.36. The van der Waals surface area contributed by atoms with Gasteiger partial charge in [-0.15, -0.1) is 0 Å². The fourth-order valence-electron chi connectivity index (χ4n) is 1.39. The summed E-state index contributed by atoms with van der Waals surface area (Å²) in [5, 5.41) is 2.47. The normalized spacial score (nSPS) is 11.1. The average molecular weight is 336 g/mol. The lowest BCUT2D eigenvalue weighted by atomic mass is 10.0. The van der Waals surface area contributed by atoms with Crippen LogP contribution in [0.5, 0.6) is 0 Å². The zero-order valence-electron chi connectivity index (χ0n) is 11.9. The van der Waals surface area contributed by atoms with Crippen LogP contribution >= 0.6 is 23.2 Å². The molecule has 0 heterocycles. The van der Waals surface area contributed by atoms with E-state index >= 15 is 0 Å². The van der Waals surface area contributed by atoms with Crippen LogP contribution in [0.2, 0.25) is 10.0 Å². The molecule has 116 valence electrons. The summed E-state index contributed by atoms with van der Waals surface area (Å²) >= 11 is 11.3. The van der Waals surface area contributed by atoms with Crippen LogP contribution in [0.3, 0.4) is 0 Å². The van der Waals surface area contributed by atoms with E-state index in [2.05, 4.69) is 5.32 Å². The third kappa shape index (κ3) is 5.17. The smallest absolute Gasteiger partial charge is 0.340 e. The third-order valence-electron chi connectivity index (χ3n) is 2.93. The van der Waals surface area contributed by atoms with Gasteiger partial charge in [-0.25, -0.2) is 9.18 Å². The van der Waals surface area contributed by atoms with Crippen molar-refractivity contribution in [3.63, 3.8) is 0 Å². The minimum absolute atomic E-state index is 0.0410. The van der Waals surface area contributed by atoms with E-state index in [0.29, 0.717) is 0 Å². The van der Waals surface area contributed by atoms with E-state index in [4.69, 9.17) is 27.9 Å². The van der Waals surface area contributed by atoms with Gasteiger partial charge in [-0.2, -0.15) is 0 Å². The molecule has 0 spiro atoms. The van der Waals surface area contributed by atoms with Crippen LogP contribution < -0.4 is 5.32 Å². The van der Waals surface area contributed by atoms with Crippen molar-refractivity contribution in [2.45, 2.75) is 32.7 Å². The number of benzene rings is 1. The van der Waals surface area contributed by atoms with Gasteiger partial charge in [0.1, 0.15) is 5.82 Å². The van der Waals surface area contributed by atoms with E-state index < -0.39 is 29.8 Å². The standard InChI is InChI=1S/C14H16Cl2FNO3/c1-4-14(2,3)18-12(19)7-21-13(20)8-5-11(17)10(16)6-9(8)15/h5-6H,4,7H2,1-3H3,(H,18,19). The van der Waals surface area contributed by atoms with Crippen LogP contribution in [0.4, 0.5) is 4.39 Å². The van der Waals surface area contributed by atoms with Gasteiger partial charge >= 0.3 is 5.97 Å². The minimum Gasteiger partial charge on any atom is -0.452 e. The van der Waals surface area contributed by atoms with Crippen LogP contribution in [0, 0.1) is 5.82 Å². The molecule has 1 rings (SSSR count). The SMILES string of the molecule is CCC(C)(C)NC(=O)COC(=O)c1cc(F)c(Cl)cc1Cl. The number of amides is 1. The molecule has 0 atom stereocenters. The molecule has 0 saturated carbocycles. The van der Waals surface area contributed by atoms with Crippen molar-refractivity contribution in [2.75, 3.05) is 6.61 Å². The van der Waals surface area contributed by atoms with Crippen molar-refractivity contribution >= 4 is 35.1 Å². The predicted molar refractivity (Wildman–Crippen MR) is 79.2 cm³/mol. The summed E-state index contributed by atoms with van der Waals surface area (Å²) in [5.41, 5.74) is -0.575. The topological polar surface area (TPSA) is 55.4 Å². The quantitative estimate of drug-likeness (QED) is 0.660. The Labute approximate surface area is 132 Å². The Kier molecular flexibility index (Phi) is 5.98. The Morgan fingerprint density at radius 2 is 1.90 bits per heavy atom. The second-order valence-corrected chi connectivity index (χ2v) is 5.92. The van der Waals surface area contributed by atoms with Gasteiger partial charge in [0, 0.05) is 5.54 Å². The molecule has 4 nitrogen and oxygen atoms in total. The summed E-state index contributed by atoms with van der Waals surface area (Å²) < 4.78 is 18.1. The zero-order chi connectivity index (χ0) is 16.2. The van der Waals surface area contributed by atoms with Crippen LogP contribution in [0.15, 0.2) is 12.1 Å². The Morgan fingerprint density at radius 1 is 1.29 bits per heavy atom. The van der Waals surface area contributed by atoms with Crippen molar-refractivity contribution in [1.29, 1.82) is 0 Å². The maximum atomic E-state index is 13.3. The van der Waals surface area contributed by atoms with Gasteiger partial charge in [0.15, 0.2) is 6.61 Å². The summed E-state index contributed by atoms with van der Waals surface area (Å²) in [5.74, 6) is -2.12. The first-order valence-corrected chi connectivity index (χ1v) is 7.04. The number of ether oxygens (including phenoxy) is 1. The second-order valence-electron chi connectivity index (χ2n) is 5.11. The molecule has 0 aromatic heterocycles. The lowest BCUT2D eigenvalue weighted by Gasteiger charge is -2.24. The first kappa shape index (κ1) is 17.7. The van der Waals surface area contributed by atoms with Gasteiger partial charge in [-0.05, 0) is 32.4 Å². The molecule has 1 amide bonds. The molecule has 0 aliphatic rings. The van der Waals surface area contributed by atoms with Crippen molar-refractivity contribution < 1.29 is 18.7 Å². The molecule has 0 aliphatic carbocycles. The van der Waals surface area contributed by atoms with E-state index in [1.807, 2.05) is 20.8 Å². The molecule has 1 aromatic rings. The Hall–Kier alpha value is -1.33. The van der Waals surface area contributed by atoms with Gasteiger partial charge in [-0.1, -0.05) is 30.1 Å². The van der Waals surface area contributed by atoms with E-state index in [9.17, 15) is 14.0 Å². The van der Waals surface area contributed by atoms with E-state index in [-0.39, 0.29) is 15.6 Å². The second kappa shape index (κ2) is 7.09. The Morgan fingerprint density at radius 3 is 2.48 bits per heavy atom. The van der Waals surface area contributed by atoms with Crippen molar-refractivity contribution in [2.24, 2.45) is 0 Å². The maximum Gasteiger partial charge on any atom is 0.340 e. The number of halogens is 3. The van der Waals surface area contributed by atoms with Crippen LogP contribution in [0.1, 0.15) is 37.6 Å².